The molecule has 3 N–H and O–H groups in total. The number of aromatic nitrogens is 1. The zero-order valence-electron chi connectivity index (χ0n) is 17.0. The fraction of sp³-hybridized carbons (Fsp3) is 0.261. The highest BCUT2D eigenvalue weighted by molar-refractivity contribution is 7.07. The van der Waals surface area contributed by atoms with Crippen LogP contribution in [0.3, 0.4) is 0 Å². The van der Waals surface area contributed by atoms with Crippen molar-refractivity contribution in [3.05, 3.63) is 76.2 Å². The minimum absolute atomic E-state index is 0.215. The molecule has 1 atom stereocenters. The van der Waals surface area contributed by atoms with Gasteiger partial charge in [-0.05, 0) is 55.3 Å². The van der Waals surface area contributed by atoms with Crippen molar-refractivity contribution in [1.82, 2.24) is 9.88 Å². The monoisotopic (exact) mass is 436 g/mol. The summed E-state index contributed by atoms with van der Waals surface area (Å²) in [5.74, 6) is 0.118. The van der Waals surface area contributed by atoms with Crippen molar-refractivity contribution in [2.45, 2.75) is 32.0 Å². The standard InChI is InChI=1S/C23H24N4O3S/c24-22(28)21-8-3-9-27(21)12-16-4-1-6-18(10-16)26-23(29)17-5-2-7-20(11-17)30-13-19-14-31-15-25-19/h1-2,4-7,10-11,14-15,21H,3,8-9,12-13H2,(H2,24,28)(H,26,29). The predicted octanol–water partition coefficient (Wildman–Crippen LogP) is 3.42. The van der Waals surface area contributed by atoms with E-state index in [4.69, 9.17) is 10.5 Å². The molecule has 0 spiro atoms. The largest absolute Gasteiger partial charge is 0.487 e. The average Bonchev–Trinajstić information content (AvgIpc) is 3.45. The summed E-state index contributed by atoms with van der Waals surface area (Å²) in [5, 5.41) is 4.87. The van der Waals surface area contributed by atoms with E-state index in [9.17, 15) is 9.59 Å². The van der Waals surface area contributed by atoms with Gasteiger partial charge in [-0.2, -0.15) is 0 Å². The average molecular weight is 437 g/mol. The summed E-state index contributed by atoms with van der Waals surface area (Å²) in [4.78, 5) is 30.6. The molecule has 0 bridgehead atoms. The van der Waals surface area contributed by atoms with E-state index in [2.05, 4.69) is 15.2 Å². The first-order chi connectivity index (χ1) is 15.1. The number of carbonyl (C=O) groups excluding carboxylic acids is 2. The van der Waals surface area contributed by atoms with Crippen LogP contribution in [-0.4, -0.2) is 34.3 Å². The van der Waals surface area contributed by atoms with E-state index >= 15 is 0 Å². The van der Waals surface area contributed by atoms with Gasteiger partial charge in [0.25, 0.3) is 5.91 Å². The Bertz CT molecular complexity index is 1050. The molecule has 1 saturated heterocycles. The molecule has 1 aliphatic rings. The molecule has 8 heteroatoms. The molecule has 1 aromatic heterocycles. The van der Waals surface area contributed by atoms with Gasteiger partial charge in [0.2, 0.25) is 5.91 Å². The molecule has 0 saturated carbocycles. The molecule has 2 aromatic carbocycles. The number of nitrogens with two attached hydrogens (primary N) is 1. The first-order valence-corrected chi connectivity index (χ1v) is 11.1. The van der Waals surface area contributed by atoms with Crippen LogP contribution in [0.25, 0.3) is 0 Å². The second kappa shape index (κ2) is 9.72. The lowest BCUT2D eigenvalue weighted by molar-refractivity contribution is -0.122. The maximum Gasteiger partial charge on any atom is 0.255 e. The number of amides is 2. The lowest BCUT2D eigenvalue weighted by Gasteiger charge is -2.22. The van der Waals surface area contributed by atoms with Gasteiger partial charge in [0.1, 0.15) is 12.4 Å². The van der Waals surface area contributed by atoms with E-state index in [1.807, 2.05) is 35.7 Å². The Labute approximate surface area is 184 Å². The molecule has 31 heavy (non-hydrogen) atoms. The number of ether oxygens (including phenoxy) is 1. The summed E-state index contributed by atoms with van der Waals surface area (Å²) in [5.41, 5.74) is 10.4. The lowest BCUT2D eigenvalue weighted by Crippen LogP contribution is -2.39. The van der Waals surface area contributed by atoms with Crippen molar-refractivity contribution in [3.63, 3.8) is 0 Å². The van der Waals surface area contributed by atoms with Crippen LogP contribution in [0, 0.1) is 0 Å². The van der Waals surface area contributed by atoms with E-state index in [1.165, 1.54) is 11.3 Å². The Morgan fingerprint density at radius 2 is 2.10 bits per heavy atom. The quantitative estimate of drug-likeness (QED) is 0.564. The number of hydrogen-bond donors (Lipinski definition) is 2. The van der Waals surface area contributed by atoms with E-state index < -0.39 is 0 Å². The van der Waals surface area contributed by atoms with Gasteiger partial charge < -0.3 is 15.8 Å². The lowest BCUT2D eigenvalue weighted by atomic mass is 10.1. The zero-order valence-corrected chi connectivity index (χ0v) is 17.8. The van der Waals surface area contributed by atoms with Crippen LogP contribution < -0.4 is 15.8 Å². The van der Waals surface area contributed by atoms with Crippen LogP contribution >= 0.6 is 11.3 Å². The molecule has 1 unspecified atom stereocenters. The van der Waals surface area contributed by atoms with Crippen molar-refractivity contribution in [3.8, 4) is 5.75 Å². The van der Waals surface area contributed by atoms with Crippen LogP contribution in [0.5, 0.6) is 5.75 Å². The first kappa shape index (κ1) is 21.0. The second-order valence-electron chi connectivity index (χ2n) is 7.48. The van der Waals surface area contributed by atoms with Crippen molar-refractivity contribution < 1.29 is 14.3 Å². The molecular weight excluding hydrogens is 412 g/mol. The third-order valence-electron chi connectivity index (χ3n) is 5.23. The first-order valence-electron chi connectivity index (χ1n) is 10.1. The fourth-order valence-corrected chi connectivity index (χ4v) is 4.26. The van der Waals surface area contributed by atoms with E-state index in [0.717, 1.165) is 30.6 Å². The molecule has 2 heterocycles. The van der Waals surface area contributed by atoms with Gasteiger partial charge in [-0.3, -0.25) is 14.5 Å². The Hall–Kier alpha value is -3.23. The number of nitrogens with zero attached hydrogens (tertiary/aromatic N) is 2. The molecule has 1 aliphatic heterocycles. The third kappa shape index (κ3) is 5.48. The number of benzene rings is 2. The maximum absolute atomic E-state index is 12.7. The summed E-state index contributed by atoms with van der Waals surface area (Å²) in [7, 11) is 0. The van der Waals surface area contributed by atoms with E-state index in [-0.39, 0.29) is 17.9 Å². The van der Waals surface area contributed by atoms with Crippen molar-refractivity contribution >= 4 is 28.8 Å². The number of primary amides is 1. The summed E-state index contributed by atoms with van der Waals surface area (Å²) < 4.78 is 5.74. The number of hydrogen-bond acceptors (Lipinski definition) is 6. The highest BCUT2D eigenvalue weighted by atomic mass is 32.1. The van der Waals surface area contributed by atoms with Gasteiger partial charge in [0.05, 0.1) is 17.2 Å². The summed E-state index contributed by atoms with van der Waals surface area (Å²) in [6.45, 7) is 1.83. The number of carbonyl (C=O) groups is 2. The molecule has 2 amide bonds. The van der Waals surface area contributed by atoms with Gasteiger partial charge in [0, 0.05) is 23.2 Å². The van der Waals surface area contributed by atoms with Gasteiger partial charge >= 0.3 is 0 Å². The molecule has 3 aromatic rings. The number of thiazole rings is 1. The summed E-state index contributed by atoms with van der Waals surface area (Å²) >= 11 is 1.52. The smallest absolute Gasteiger partial charge is 0.255 e. The number of anilines is 1. The Morgan fingerprint density at radius 3 is 2.90 bits per heavy atom. The number of nitrogens with one attached hydrogen (secondary N) is 1. The van der Waals surface area contributed by atoms with Crippen molar-refractivity contribution in [2.75, 3.05) is 11.9 Å². The Balaban J connectivity index is 1.39. The SMILES string of the molecule is NC(=O)C1CCCN1Cc1cccc(NC(=O)c2cccc(OCc3cscn3)c2)c1. The van der Waals surface area contributed by atoms with Crippen LogP contribution in [0.4, 0.5) is 5.69 Å². The topological polar surface area (TPSA) is 97.6 Å². The maximum atomic E-state index is 12.7. The minimum atomic E-state index is -0.279. The molecule has 4 rings (SSSR count). The van der Waals surface area contributed by atoms with Gasteiger partial charge in [0.15, 0.2) is 0 Å². The van der Waals surface area contributed by atoms with Gasteiger partial charge in [-0.25, -0.2) is 4.98 Å². The highest BCUT2D eigenvalue weighted by Gasteiger charge is 2.28. The summed E-state index contributed by atoms with van der Waals surface area (Å²) in [6.07, 6.45) is 1.76. The van der Waals surface area contributed by atoms with E-state index in [1.54, 1.807) is 23.7 Å². The number of rotatable bonds is 8. The van der Waals surface area contributed by atoms with E-state index in [0.29, 0.717) is 30.2 Å². The molecule has 1 fully saturated rings. The molecular formula is C23H24N4O3S. The summed E-state index contributed by atoms with van der Waals surface area (Å²) in [6, 6.07) is 14.5. The van der Waals surface area contributed by atoms with Gasteiger partial charge in [-0.1, -0.05) is 18.2 Å². The van der Waals surface area contributed by atoms with Crippen LogP contribution in [0.2, 0.25) is 0 Å². The van der Waals surface area contributed by atoms with Gasteiger partial charge in [-0.15, -0.1) is 11.3 Å². The number of likely N-dealkylation sites (tertiary alicyclic amines) is 1. The van der Waals surface area contributed by atoms with Crippen molar-refractivity contribution in [1.29, 1.82) is 0 Å². The Kier molecular flexibility index (Phi) is 6.59. The molecule has 160 valence electrons. The second-order valence-corrected chi connectivity index (χ2v) is 8.20. The van der Waals surface area contributed by atoms with Crippen LogP contribution in [0.1, 0.15) is 34.5 Å². The third-order valence-corrected chi connectivity index (χ3v) is 5.86. The fourth-order valence-electron chi connectivity index (χ4n) is 3.72. The van der Waals surface area contributed by atoms with Crippen LogP contribution in [-0.2, 0) is 17.9 Å². The minimum Gasteiger partial charge on any atom is -0.487 e. The molecule has 0 radical (unpaired) electrons. The van der Waals surface area contributed by atoms with Crippen molar-refractivity contribution in [2.24, 2.45) is 5.73 Å². The highest BCUT2D eigenvalue weighted by Crippen LogP contribution is 2.22. The van der Waals surface area contributed by atoms with Crippen LogP contribution in [0.15, 0.2) is 59.4 Å². The molecule has 7 nitrogen and oxygen atoms in total. The normalized spacial score (nSPS) is 16.2. The Morgan fingerprint density at radius 1 is 1.23 bits per heavy atom. The zero-order chi connectivity index (χ0) is 21.6. The predicted molar refractivity (Wildman–Crippen MR) is 120 cm³/mol. The molecule has 0 aliphatic carbocycles.